The van der Waals surface area contributed by atoms with Crippen LogP contribution in [0.3, 0.4) is 0 Å². The largest absolute Gasteiger partial charge is 0.439 e. The van der Waals surface area contributed by atoms with E-state index in [-0.39, 0.29) is 5.91 Å². The number of benzene rings is 2. The zero-order chi connectivity index (χ0) is 21.2. The van der Waals surface area contributed by atoms with Crippen molar-refractivity contribution < 1.29 is 14.3 Å². The van der Waals surface area contributed by atoms with Gasteiger partial charge in [0.25, 0.3) is 5.91 Å². The van der Waals surface area contributed by atoms with Gasteiger partial charge in [-0.05, 0) is 53.8 Å². The number of ether oxygens (including phenoxy) is 1. The smallest absolute Gasteiger partial charge is 0.266 e. The first-order chi connectivity index (χ1) is 14.7. The molecule has 2 aromatic carbocycles. The van der Waals surface area contributed by atoms with Gasteiger partial charge >= 0.3 is 0 Å². The number of hydrogen-bond donors (Lipinski definition) is 2. The zero-order valence-corrected chi connectivity index (χ0v) is 17.4. The minimum Gasteiger partial charge on any atom is -0.439 e. The molecule has 0 bridgehead atoms. The van der Waals surface area contributed by atoms with Crippen molar-refractivity contribution in [3.8, 4) is 22.8 Å². The van der Waals surface area contributed by atoms with Crippen LogP contribution in [0.5, 0.6) is 11.6 Å². The zero-order valence-electron chi connectivity index (χ0n) is 16.6. The molecule has 0 aliphatic carbocycles. The Labute approximate surface area is 180 Å². The number of nitrogens with zero attached hydrogens (tertiary/aromatic N) is 1. The number of pyridine rings is 1. The molecule has 154 valence electrons. The fourth-order valence-corrected chi connectivity index (χ4v) is 3.30. The van der Waals surface area contributed by atoms with Crippen LogP contribution >= 0.6 is 11.8 Å². The Balaban J connectivity index is 1.84. The van der Waals surface area contributed by atoms with Gasteiger partial charge in [0.1, 0.15) is 12.0 Å². The summed E-state index contributed by atoms with van der Waals surface area (Å²) < 4.78 is 5.83. The van der Waals surface area contributed by atoms with Crippen LogP contribution in [-0.2, 0) is 4.79 Å². The van der Waals surface area contributed by atoms with E-state index in [4.69, 9.17) is 4.74 Å². The summed E-state index contributed by atoms with van der Waals surface area (Å²) in [7, 11) is 0. The molecule has 0 saturated heterocycles. The summed E-state index contributed by atoms with van der Waals surface area (Å²) in [5.41, 5.74) is 7.53. The van der Waals surface area contributed by atoms with Crippen LogP contribution in [0, 0.1) is 0 Å². The molecule has 1 aromatic heterocycles. The molecule has 0 radical (unpaired) electrons. The van der Waals surface area contributed by atoms with Crippen LogP contribution in [0.4, 0.5) is 0 Å². The van der Waals surface area contributed by atoms with E-state index in [0.29, 0.717) is 23.6 Å². The van der Waals surface area contributed by atoms with E-state index < -0.39 is 6.04 Å². The average Bonchev–Trinajstić information content (AvgIpc) is 2.80. The highest BCUT2D eigenvalue weighted by Gasteiger charge is 2.16. The second-order valence-electron chi connectivity index (χ2n) is 6.47. The summed E-state index contributed by atoms with van der Waals surface area (Å²) in [5, 5.41) is 0. The van der Waals surface area contributed by atoms with E-state index in [1.54, 1.807) is 36.2 Å². The van der Waals surface area contributed by atoms with Crippen molar-refractivity contribution in [2.45, 2.75) is 12.5 Å². The van der Waals surface area contributed by atoms with Crippen LogP contribution in [0.25, 0.3) is 11.1 Å². The number of hydrazine groups is 1. The fraction of sp³-hybridized carbons (Fsp3) is 0.174. The third-order valence-corrected chi connectivity index (χ3v) is 4.99. The third-order valence-electron chi connectivity index (χ3n) is 4.35. The molecule has 0 aliphatic heterocycles. The quantitative estimate of drug-likeness (QED) is 0.379. The van der Waals surface area contributed by atoms with E-state index in [2.05, 4.69) is 15.8 Å². The van der Waals surface area contributed by atoms with Crippen LogP contribution in [0.15, 0.2) is 72.9 Å². The van der Waals surface area contributed by atoms with Gasteiger partial charge in [-0.3, -0.25) is 10.2 Å². The molecule has 7 heteroatoms. The highest BCUT2D eigenvalue weighted by molar-refractivity contribution is 7.98. The molecule has 0 fully saturated rings. The van der Waals surface area contributed by atoms with E-state index in [0.717, 1.165) is 23.2 Å². The first-order valence-corrected chi connectivity index (χ1v) is 10.9. The van der Waals surface area contributed by atoms with Gasteiger partial charge in [-0.15, -0.1) is 0 Å². The fourth-order valence-electron chi connectivity index (χ4n) is 2.81. The number of hydrogen-bond acceptors (Lipinski definition) is 6. The van der Waals surface area contributed by atoms with Crippen molar-refractivity contribution in [3.05, 3.63) is 78.5 Å². The molecule has 6 nitrogen and oxygen atoms in total. The second kappa shape index (κ2) is 11.1. The number of amides is 1. The Morgan fingerprint density at radius 2 is 1.93 bits per heavy atom. The summed E-state index contributed by atoms with van der Waals surface area (Å²) >= 11 is 1.65. The summed E-state index contributed by atoms with van der Waals surface area (Å²) in [6.45, 7) is 0. The van der Waals surface area contributed by atoms with Crippen molar-refractivity contribution in [3.63, 3.8) is 0 Å². The van der Waals surface area contributed by atoms with E-state index in [1.807, 2.05) is 54.8 Å². The van der Waals surface area contributed by atoms with Crippen LogP contribution < -0.4 is 15.6 Å². The number of carbonyl (C=O) groups excluding carboxylic acids is 2. The number of thioether (sulfide) groups is 1. The van der Waals surface area contributed by atoms with Gasteiger partial charge in [-0.2, -0.15) is 11.8 Å². The molecule has 1 unspecified atom stereocenters. The number of rotatable bonds is 10. The monoisotopic (exact) mass is 421 g/mol. The van der Waals surface area contributed by atoms with Crippen LogP contribution in [0.2, 0.25) is 0 Å². The summed E-state index contributed by atoms with van der Waals surface area (Å²) in [6.07, 6.45) is 5.06. The standard InChI is InChI=1S/C23H23N3O3S/c1-30-14-12-18(16-27)25-26-23(28)20-11-10-19(29-22-9-5-6-13-24-22)15-21(20)17-7-3-2-4-8-17/h2-11,13,15-16,18,25H,12,14H2,1H3,(H,26,28). The maximum Gasteiger partial charge on any atom is 0.266 e. The highest BCUT2D eigenvalue weighted by atomic mass is 32.2. The predicted molar refractivity (Wildman–Crippen MR) is 120 cm³/mol. The SMILES string of the molecule is CSCCC(C=O)NNC(=O)c1ccc(Oc2ccccn2)cc1-c1ccccc1. The lowest BCUT2D eigenvalue weighted by Crippen LogP contribution is -2.45. The van der Waals surface area contributed by atoms with Crippen LogP contribution in [0.1, 0.15) is 16.8 Å². The maximum atomic E-state index is 12.9. The van der Waals surface area contributed by atoms with Gasteiger partial charge in [0.15, 0.2) is 0 Å². The molecule has 3 aromatic rings. The Kier molecular flexibility index (Phi) is 8.00. The van der Waals surface area contributed by atoms with Gasteiger partial charge < -0.3 is 9.53 Å². The van der Waals surface area contributed by atoms with Gasteiger partial charge in [-0.1, -0.05) is 36.4 Å². The van der Waals surface area contributed by atoms with Crippen LogP contribution in [-0.4, -0.2) is 35.2 Å². The third kappa shape index (κ3) is 5.92. The van der Waals surface area contributed by atoms with Crippen molar-refractivity contribution in [2.75, 3.05) is 12.0 Å². The number of aromatic nitrogens is 1. The lowest BCUT2D eigenvalue weighted by molar-refractivity contribution is -0.109. The molecule has 30 heavy (non-hydrogen) atoms. The number of carbonyl (C=O) groups is 2. The molecule has 2 N–H and O–H groups in total. The van der Waals surface area contributed by atoms with Crippen molar-refractivity contribution >= 4 is 24.0 Å². The second-order valence-corrected chi connectivity index (χ2v) is 7.45. The molecular weight excluding hydrogens is 398 g/mol. The summed E-state index contributed by atoms with van der Waals surface area (Å²) in [4.78, 5) is 28.2. The Morgan fingerprint density at radius 1 is 1.13 bits per heavy atom. The van der Waals surface area contributed by atoms with E-state index >= 15 is 0 Å². The molecule has 1 heterocycles. The van der Waals surface area contributed by atoms with Crippen molar-refractivity contribution in [2.24, 2.45) is 0 Å². The molecule has 0 aliphatic rings. The van der Waals surface area contributed by atoms with Crippen molar-refractivity contribution in [1.82, 2.24) is 15.8 Å². The maximum absolute atomic E-state index is 12.9. The normalized spacial score (nSPS) is 11.5. The van der Waals surface area contributed by atoms with E-state index in [1.165, 1.54) is 0 Å². The van der Waals surface area contributed by atoms with Gasteiger partial charge in [0, 0.05) is 17.8 Å². The summed E-state index contributed by atoms with van der Waals surface area (Å²) in [6, 6.07) is 19.8. The number of nitrogens with one attached hydrogen (secondary N) is 2. The van der Waals surface area contributed by atoms with Crippen molar-refractivity contribution in [1.29, 1.82) is 0 Å². The first-order valence-electron chi connectivity index (χ1n) is 9.49. The van der Waals surface area contributed by atoms with Gasteiger partial charge in [0.05, 0.1) is 6.04 Å². The highest BCUT2D eigenvalue weighted by Crippen LogP contribution is 2.30. The van der Waals surface area contributed by atoms with Gasteiger partial charge in [-0.25, -0.2) is 10.4 Å². The Hall–Kier alpha value is -3.16. The summed E-state index contributed by atoms with van der Waals surface area (Å²) in [5.74, 6) is 1.54. The lowest BCUT2D eigenvalue weighted by atomic mass is 9.99. The molecule has 0 saturated carbocycles. The van der Waals surface area contributed by atoms with E-state index in [9.17, 15) is 9.59 Å². The minimum atomic E-state index is -0.437. The average molecular weight is 422 g/mol. The molecular formula is C23H23N3O3S. The number of aldehydes is 1. The first kappa shape index (κ1) is 21.5. The topological polar surface area (TPSA) is 80.3 Å². The Bertz CT molecular complexity index is 968. The predicted octanol–water partition coefficient (Wildman–Crippen LogP) is 4.10. The minimum absolute atomic E-state index is 0.325. The molecule has 0 spiro atoms. The van der Waals surface area contributed by atoms with Gasteiger partial charge in [0.2, 0.25) is 5.88 Å². The molecule has 3 rings (SSSR count). The lowest BCUT2D eigenvalue weighted by Gasteiger charge is -2.16. The molecule has 1 amide bonds. The molecule has 1 atom stereocenters. The Morgan fingerprint density at radius 3 is 2.63 bits per heavy atom.